The van der Waals surface area contributed by atoms with Crippen molar-refractivity contribution in [3.8, 4) is 5.75 Å². The van der Waals surface area contributed by atoms with Gasteiger partial charge in [-0.05, 0) is 42.0 Å². The number of hydrogen-bond acceptors (Lipinski definition) is 3. The van der Waals surface area contributed by atoms with E-state index in [1.54, 1.807) is 6.20 Å². The molecule has 0 amide bonds. The number of fused-ring (bicyclic) bond motifs is 1. The molecule has 1 heterocycles. The number of aromatic nitrogens is 1. The van der Waals surface area contributed by atoms with E-state index >= 15 is 0 Å². The smallest absolute Gasteiger partial charge is 0.137 e. The minimum Gasteiger partial charge on any atom is -0.492 e. The Labute approximate surface area is 119 Å². The first-order valence-electron chi connectivity index (χ1n) is 7.15. The van der Waals surface area contributed by atoms with Crippen LogP contribution in [0.2, 0.25) is 0 Å². The van der Waals surface area contributed by atoms with Gasteiger partial charge in [0.1, 0.15) is 5.75 Å². The van der Waals surface area contributed by atoms with Gasteiger partial charge in [0.25, 0.3) is 0 Å². The van der Waals surface area contributed by atoms with Crippen LogP contribution in [-0.4, -0.2) is 11.6 Å². The number of pyridine rings is 1. The van der Waals surface area contributed by atoms with Gasteiger partial charge < -0.3 is 10.5 Å². The molecule has 0 saturated carbocycles. The van der Waals surface area contributed by atoms with Gasteiger partial charge >= 0.3 is 0 Å². The highest BCUT2D eigenvalue weighted by Gasteiger charge is 2.35. The Kier molecular flexibility index (Phi) is 3.45. The van der Waals surface area contributed by atoms with E-state index in [9.17, 15) is 0 Å². The van der Waals surface area contributed by atoms with Crippen LogP contribution in [0, 0.1) is 0 Å². The molecule has 3 nitrogen and oxygen atoms in total. The molecule has 0 atom stereocenters. The summed E-state index contributed by atoms with van der Waals surface area (Å²) < 4.78 is 5.66. The molecule has 0 unspecified atom stereocenters. The molecule has 0 saturated heterocycles. The highest BCUT2D eigenvalue weighted by atomic mass is 16.5. The second-order valence-corrected chi connectivity index (χ2v) is 5.54. The zero-order chi connectivity index (χ0) is 14.0. The van der Waals surface area contributed by atoms with Crippen LogP contribution in [0.3, 0.4) is 0 Å². The van der Waals surface area contributed by atoms with Crippen LogP contribution >= 0.6 is 0 Å². The molecule has 2 aromatic rings. The lowest BCUT2D eigenvalue weighted by Gasteiger charge is -2.24. The molecule has 2 N–H and O–H groups in total. The number of nitrogens with zero attached hydrogens (tertiary/aromatic N) is 1. The van der Waals surface area contributed by atoms with Crippen molar-refractivity contribution in [2.45, 2.75) is 31.7 Å². The molecule has 3 heteroatoms. The first kappa shape index (κ1) is 13.1. The van der Waals surface area contributed by atoms with Crippen LogP contribution in [0.4, 0.5) is 0 Å². The summed E-state index contributed by atoms with van der Waals surface area (Å²) in [5.41, 5.74) is 10.0. The Morgan fingerprint density at radius 3 is 2.55 bits per heavy atom. The van der Waals surface area contributed by atoms with Gasteiger partial charge in [0.05, 0.1) is 18.3 Å². The third-order valence-corrected chi connectivity index (χ3v) is 3.89. The molecule has 3 rings (SSSR count). The van der Waals surface area contributed by atoms with Crippen molar-refractivity contribution >= 4 is 0 Å². The van der Waals surface area contributed by atoms with Crippen molar-refractivity contribution in [2.75, 3.05) is 6.61 Å². The van der Waals surface area contributed by atoms with E-state index in [0.717, 1.165) is 30.6 Å². The predicted molar refractivity (Wildman–Crippen MR) is 79.7 cm³/mol. The molecule has 1 aromatic carbocycles. The van der Waals surface area contributed by atoms with Gasteiger partial charge in [0.15, 0.2) is 0 Å². The highest BCUT2D eigenvalue weighted by molar-refractivity contribution is 5.41. The van der Waals surface area contributed by atoms with E-state index in [0.29, 0.717) is 6.61 Å². The summed E-state index contributed by atoms with van der Waals surface area (Å²) in [7, 11) is 0. The van der Waals surface area contributed by atoms with Crippen LogP contribution in [0.1, 0.15) is 30.0 Å². The molecule has 1 aromatic heterocycles. The lowest BCUT2D eigenvalue weighted by Crippen LogP contribution is -2.37. The largest absolute Gasteiger partial charge is 0.492 e. The zero-order valence-corrected chi connectivity index (χ0v) is 11.8. The van der Waals surface area contributed by atoms with Gasteiger partial charge in [-0.15, -0.1) is 0 Å². The van der Waals surface area contributed by atoms with E-state index in [1.807, 2.05) is 12.3 Å². The summed E-state index contributed by atoms with van der Waals surface area (Å²) in [6.07, 6.45) is 6.34. The summed E-state index contributed by atoms with van der Waals surface area (Å²) >= 11 is 0. The van der Waals surface area contributed by atoms with Gasteiger partial charge in [-0.1, -0.05) is 31.2 Å². The lowest BCUT2D eigenvalue weighted by molar-refractivity contribution is 0.314. The summed E-state index contributed by atoms with van der Waals surface area (Å²) in [6, 6.07) is 10.5. The molecule has 20 heavy (non-hydrogen) atoms. The van der Waals surface area contributed by atoms with E-state index in [1.165, 1.54) is 11.1 Å². The highest BCUT2D eigenvalue weighted by Crippen LogP contribution is 2.36. The maximum Gasteiger partial charge on any atom is 0.137 e. The molecule has 0 aliphatic heterocycles. The van der Waals surface area contributed by atoms with Gasteiger partial charge in [0, 0.05) is 6.20 Å². The normalized spacial score (nSPS) is 15.9. The van der Waals surface area contributed by atoms with Crippen LogP contribution in [0.15, 0.2) is 42.7 Å². The van der Waals surface area contributed by atoms with Crippen LogP contribution in [0.25, 0.3) is 0 Å². The number of rotatable bonds is 4. The average molecular weight is 268 g/mol. The SMILES string of the molecule is CCCOc1cncc(C2(N)Cc3ccccc3C2)c1. The first-order chi connectivity index (χ1) is 9.71. The third-order valence-electron chi connectivity index (χ3n) is 3.89. The lowest BCUT2D eigenvalue weighted by atomic mass is 9.89. The van der Waals surface area contributed by atoms with Crippen LogP contribution in [0.5, 0.6) is 5.75 Å². The predicted octanol–water partition coefficient (Wildman–Crippen LogP) is 2.82. The van der Waals surface area contributed by atoms with Crippen LogP contribution in [-0.2, 0) is 18.4 Å². The zero-order valence-electron chi connectivity index (χ0n) is 11.8. The van der Waals surface area contributed by atoms with E-state index < -0.39 is 0 Å². The molecule has 0 radical (unpaired) electrons. The number of benzene rings is 1. The quantitative estimate of drug-likeness (QED) is 0.927. The Balaban J connectivity index is 1.86. The molecule has 1 aliphatic carbocycles. The fourth-order valence-electron chi connectivity index (χ4n) is 2.84. The average Bonchev–Trinajstić information content (AvgIpc) is 2.83. The summed E-state index contributed by atoms with van der Waals surface area (Å²) in [6.45, 7) is 2.80. The second kappa shape index (κ2) is 5.25. The minimum atomic E-state index is -0.359. The maximum atomic E-state index is 6.63. The number of nitrogens with two attached hydrogens (primary N) is 1. The van der Waals surface area contributed by atoms with Crippen molar-refractivity contribution in [3.05, 3.63) is 59.4 Å². The minimum absolute atomic E-state index is 0.359. The molecule has 0 spiro atoms. The fraction of sp³-hybridized carbons (Fsp3) is 0.353. The number of ether oxygens (including phenoxy) is 1. The van der Waals surface area contributed by atoms with Gasteiger partial charge in [-0.3, -0.25) is 4.98 Å². The molecule has 104 valence electrons. The maximum absolute atomic E-state index is 6.63. The molecular weight excluding hydrogens is 248 g/mol. The third kappa shape index (κ3) is 2.41. The van der Waals surface area contributed by atoms with E-state index in [-0.39, 0.29) is 5.54 Å². The monoisotopic (exact) mass is 268 g/mol. The summed E-state index contributed by atoms with van der Waals surface area (Å²) in [5.74, 6) is 0.810. The fourth-order valence-corrected chi connectivity index (χ4v) is 2.84. The van der Waals surface area contributed by atoms with Crippen molar-refractivity contribution in [3.63, 3.8) is 0 Å². The van der Waals surface area contributed by atoms with Crippen molar-refractivity contribution in [1.82, 2.24) is 4.98 Å². The molecule has 1 aliphatic rings. The van der Waals surface area contributed by atoms with Crippen molar-refractivity contribution < 1.29 is 4.74 Å². The first-order valence-corrected chi connectivity index (χ1v) is 7.15. The summed E-state index contributed by atoms with van der Waals surface area (Å²) in [5, 5.41) is 0. The molecular formula is C17H20N2O. The van der Waals surface area contributed by atoms with E-state index in [4.69, 9.17) is 10.5 Å². The van der Waals surface area contributed by atoms with E-state index in [2.05, 4.69) is 36.2 Å². The molecule has 0 bridgehead atoms. The van der Waals surface area contributed by atoms with Gasteiger partial charge in [0.2, 0.25) is 0 Å². The van der Waals surface area contributed by atoms with Gasteiger partial charge in [-0.25, -0.2) is 0 Å². The second-order valence-electron chi connectivity index (χ2n) is 5.54. The van der Waals surface area contributed by atoms with Crippen molar-refractivity contribution in [1.29, 1.82) is 0 Å². The standard InChI is InChI=1S/C17H20N2O/c1-2-7-20-16-8-15(11-19-12-16)17(18)9-13-5-3-4-6-14(13)10-17/h3-6,8,11-12H,2,7,9-10,18H2,1H3. The Morgan fingerprint density at radius 2 is 1.90 bits per heavy atom. The molecule has 0 fully saturated rings. The van der Waals surface area contributed by atoms with Crippen LogP contribution < -0.4 is 10.5 Å². The summed E-state index contributed by atoms with van der Waals surface area (Å²) in [4.78, 5) is 4.29. The Morgan fingerprint density at radius 1 is 1.20 bits per heavy atom. The van der Waals surface area contributed by atoms with Crippen molar-refractivity contribution in [2.24, 2.45) is 5.73 Å². The Hall–Kier alpha value is -1.87. The van der Waals surface area contributed by atoms with Gasteiger partial charge in [-0.2, -0.15) is 0 Å². The topological polar surface area (TPSA) is 48.1 Å². The number of hydrogen-bond donors (Lipinski definition) is 1. The Bertz CT molecular complexity index is 584.